The van der Waals surface area contributed by atoms with Crippen LogP contribution in [0.2, 0.25) is 0 Å². The van der Waals surface area contributed by atoms with Gasteiger partial charge in [-0.15, -0.1) is 0 Å². The third-order valence-electron chi connectivity index (χ3n) is 3.83. The number of carbonyl (C=O) groups excluding carboxylic acids is 2. The summed E-state index contributed by atoms with van der Waals surface area (Å²) in [5.74, 6) is -1.19. The summed E-state index contributed by atoms with van der Waals surface area (Å²) >= 11 is 0. The summed E-state index contributed by atoms with van der Waals surface area (Å²) in [6, 6.07) is 7.62. The molecule has 2 atom stereocenters. The van der Waals surface area contributed by atoms with Gasteiger partial charge in [-0.05, 0) is 45.2 Å². The summed E-state index contributed by atoms with van der Waals surface area (Å²) in [6.45, 7) is 5.58. The average Bonchev–Trinajstić information content (AvgIpc) is 2.49. The second kappa shape index (κ2) is 7.25. The van der Waals surface area contributed by atoms with Gasteiger partial charge in [0.2, 0.25) is 5.91 Å². The molecule has 0 saturated carbocycles. The van der Waals surface area contributed by atoms with Crippen molar-refractivity contribution < 1.29 is 14.3 Å². The highest BCUT2D eigenvalue weighted by Crippen LogP contribution is 2.29. The number of aryl methyl sites for hydroxylation is 1. The molecule has 118 valence electrons. The Morgan fingerprint density at radius 3 is 2.41 bits per heavy atom. The van der Waals surface area contributed by atoms with Gasteiger partial charge in [0.05, 0.1) is 17.9 Å². The van der Waals surface area contributed by atoms with E-state index in [-0.39, 0.29) is 23.9 Å². The minimum Gasteiger partial charge on any atom is -0.463 e. The smallest absolute Gasteiger partial charge is 0.310 e. The number of hydrogen-bond acceptors (Lipinski definition) is 3. The number of nitrogens with one attached hydrogen (secondary N) is 1. The molecule has 1 amide bonds. The molecule has 0 aromatic heterocycles. The fraction of sp³-hybridized carbons (Fsp3) is 0.444. The van der Waals surface area contributed by atoms with Gasteiger partial charge in [0.25, 0.3) is 0 Å². The first-order valence-electron chi connectivity index (χ1n) is 7.71. The van der Waals surface area contributed by atoms with Crippen molar-refractivity contribution in [3.8, 4) is 0 Å². The van der Waals surface area contributed by atoms with Crippen LogP contribution in [0.3, 0.4) is 0 Å². The van der Waals surface area contributed by atoms with Crippen molar-refractivity contribution >= 4 is 17.6 Å². The number of esters is 1. The van der Waals surface area contributed by atoms with Gasteiger partial charge in [-0.2, -0.15) is 0 Å². The van der Waals surface area contributed by atoms with E-state index in [9.17, 15) is 9.59 Å². The lowest BCUT2D eigenvalue weighted by molar-refractivity contribution is -0.156. The van der Waals surface area contributed by atoms with Gasteiger partial charge in [0.15, 0.2) is 0 Å². The average molecular weight is 301 g/mol. The molecule has 1 N–H and O–H groups in total. The third kappa shape index (κ3) is 3.97. The summed E-state index contributed by atoms with van der Waals surface area (Å²) in [4.78, 5) is 24.8. The van der Waals surface area contributed by atoms with Crippen LogP contribution in [-0.4, -0.2) is 18.0 Å². The fourth-order valence-electron chi connectivity index (χ4n) is 2.62. The van der Waals surface area contributed by atoms with E-state index in [1.54, 1.807) is 0 Å². The van der Waals surface area contributed by atoms with E-state index in [0.29, 0.717) is 12.8 Å². The number of hydrogen-bond donors (Lipinski definition) is 1. The van der Waals surface area contributed by atoms with E-state index in [4.69, 9.17) is 4.74 Å². The first-order chi connectivity index (χ1) is 10.5. The molecule has 1 aliphatic rings. The van der Waals surface area contributed by atoms with Crippen molar-refractivity contribution in [3.05, 3.63) is 42.0 Å². The minimum atomic E-state index is -0.406. The predicted octanol–water partition coefficient (Wildman–Crippen LogP) is 3.47. The molecule has 0 aliphatic heterocycles. The number of ether oxygens (including phenoxy) is 1. The van der Waals surface area contributed by atoms with Crippen molar-refractivity contribution in [1.29, 1.82) is 0 Å². The largest absolute Gasteiger partial charge is 0.463 e. The first kappa shape index (κ1) is 16.3. The van der Waals surface area contributed by atoms with Crippen LogP contribution < -0.4 is 5.32 Å². The van der Waals surface area contributed by atoms with E-state index in [2.05, 4.69) is 5.32 Å². The Bertz CT molecular complexity index is 577. The molecule has 1 aromatic rings. The van der Waals surface area contributed by atoms with Crippen LogP contribution in [0.25, 0.3) is 0 Å². The van der Waals surface area contributed by atoms with Crippen molar-refractivity contribution in [2.75, 3.05) is 5.32 Å². The molecule has 22 heavy (non-hydrogen) atoms. The molecule has 1 aliphatic carbocycles. The fourth-order valence-corrected chi connectivity index (χ4v) is 2.62. The van der Waals surface area contributed by atoms with Gasteiger partial charge < -0.3 is 10.1 Å². The van der Waals surface area contributed by atoms with Crippen LogP contribution in [0, 0.1) is 18.8 Å². The molecule has 0 bridgehead atoms. The Kier molecular flexibility index (Phi) is 5.36. The summed E-state index contributed by atoms with van der Waals surface area (Å²) in [6.07, 6.45) is 4.86. The molecule has 2 rings (SSSR count). The number of anilines is 1. The molecule has 0 fully saturated rings. The summed E-state index contributed by atoms with van der Waals surface area (Å²) in [5.41, 5.74) is 1.79. The topological polar surface area (TPSA) is 55.4 Å². The van der Waals surface area contributed by atoms with Gasteiger partial charge in [0.1, 0.15) is 0 Å². The maximum atomic E-state index is 12.6. The summed E-state index contributed by atoms with van der Waals surface area (Å²) in [7, 11) is 0. The quantitative estimate of drug-likeness (QED) is 0.684. The molecule has 0 heterocycles. The number of amides is 1. The van der Waals surface area contributed by atoms with Crippen molar-refractivity contribution in [1.82, 2.24) is 0 Å². The maximum Gasteiger partial charge on any atom is 0.310 e. The Hall–Kier alpha value is -2.10. The Morgan fingerprint density at radius 1 is 1.14 bits per heavy atom. The number of benzene rings is 1. The molecule has 1 aromatic carbocycles. The number of para-hydroxylation sites is 1. The van der Waals surface area contributed by atoms with Gasteiger partial charge in [-0.25, -0.2) is 0 Å². The van der Waals surface area contributed by atoms with Crippen LogP contribution >= 0.6 is 0 Å². The van der Waals surface area contributed by atoms with E-state index in [1.165, 1.54) is 0 Å². The molecular weight excluding hydrogens is 278 g/mol. The SMILES string of the molecule is Cc1ccccc1NC(=O)[C@H]1CC=CC[C@@H]1C(=O)OC(C)C. The molecule has 0 spiro atoms. The van der Waals surface area contributed by atoms with E-state index in [0.717, 1.165) is 11.3 Å². The standard InChI is InChI=1S/C18H23NO3/c1-12(2)22-18(21)15-10-6-5-9-14(15)17(20)19-16-11-7-4-8-13(16)3/h4-8,11-12,14-15H,9-10H2,1-3H3,(H,19,20)/t14-,15-/m0/s1. The van der Waals surface area contributed by atoms with Crippen molar-refractivity contribution in [3.63, 3.8) is 0 Å². The molecule has 4 nitrogen and oxygen atoms in total. The second-order valence-corrected chi connectivity index (χ2v) is 5.95. The molecule has 0 saturated heterocycles. The third-order valence-corrected chi connectivity index (χ3v) is 3.83. The van der Waals surface area contributed by atoms with Gasteiger partial charge in [-0.3, -0.25) is 9.59 Å². The van der Waals surface area contributed by atoms with Crippen molar-refractivity contribution in [2.24, 2.45) is 11.8 Å². The number of carbonyl (C=O) groups is 2. The van der Waals surface area contributed by atoms with Crippen LogP contribution in [0.15, 0.2) is 36.4 Å². The van der Waals surface area contributed by atoms with Crippen LogP contribution in [-0.2, 0) is 14.3 Å². The lowest BCUT2D eigenvalue weighted by atomic mass is 9.82. The zero-order valence-electron chi connectivity index (χ0n) is 13.3. The minimum absolute atomic E-state index is 0.121. The van der Waals surface area contributed by atoms with Gasteiger partial charge in [0, 0.05) is 5.69 Å². The second-order valence-electron chi connectivity index (χ2n) is 5.95. The highest BCUT2D eigenvalue weighted by Gasteiger charge is 2.35. The van der Waals surface area contributed by atoms with Crippen molar-refractivity contribution in [2.45, 2.75) is 39.7 Å². The highest BCUT2D eigenvalue weighted by atomic mass is 16.5. The normalized spacial score (nSPS) is 20.7. The van der Waals surface area contributed by atoms with E-state index >= 15 is 0 Å². The Labute approximate surface area is 131 Å². The highest BCUT2D eigenvalue weighted by molar-refractivity contribution is 5.96. The van der Waals surface area contributed by atoms with E-state index in [1.807, 2.05) is 57.2 Å². The van der Waals surface area contributed by atoms with Gasteiger partial charge in [-0.1, -0.05) is 30.4 Å². The lowest BCUT2D eigenvalue weighted by Crippen LogP contribution is -2.36. The monoisotopic (exact) mass is 301 g/mol. The summed E-state index contributed by atoms with van der Waals surface area (Å²) < 4.78 is 5.29. The molecular formula is C18H23NO3. The zero-order chi connectivity index (χ0) is 16.1. The number of rotatable bonds is 4. The van der Waals surface area contributed by atoms with E-state index < -0.39 is 5.92 Å². The first-order valence-corrected chi connectivity index (χ1v) is 7.71. The van der Waals surface area contributed by atoms with Crippen LogP contribution in [0.5, 0.6) is 0 Å². The number of allylic oxidation sites excluding steroid dienone is 2. The molecule has 0 unspecified atom stereocenters. The maximum absolute atomic E-state index is 12.6. The van der Waals surface area contributed by atoms with Crippen LogP contribution in [0.4, 0.5) is 5.69 Å². The molecule has 0 radical (unpaired) electrons. The summed E-state index contributed by atoms with van der Waals surface area (Å²) in [5, 5.41) is 2.94. The zero-order valence-corrected chi connectivity index (χ0v) is 13.3. The van der Waals surface area contributed by atoms with Crippen LogP contribution in [0.1, 0.15) is 32.3 Å². The lowest BCUT2D eigenvalue weighted by Gasteiger charge is -2.27. The predicted molar refractivity (Wildman–Crippen MR) is 86.4 cm³/mol. The molecule has 4 heteroatoms. The Balaban J connectivity index is 2.10. The van der Waals surface area contributed by atoms with Gasteiger partial charge >= 0.3 is 5.97 Å². The Morgan fingerprint density at radius 2 is 1.77 bits per heavy atom.